The normalized spacial score (nSPS) is 40.3. The molecule has 0 aromatic carbocycles. The monoisotopic (exact) mass is 657 g/mol. The molecule has 8 heteroatoms. The Morgan fingerprint density at radius 2 is 1.81 bits per heavy atom. The fourth-order valence-corrected chi connectivity index (χ4v) is 13.5. The number of rotatable bonds is 4. The zero-order chi connectivity index (χ0) is 34.0. The van der Waals surface area contributed by atoms with Crippen LogP contribution in [0.25, 0.3) is 5.57 Å². The molecule has 5 N–H and O–H groups in total. The number of nitrogen functional groups attached to an aromatic ring is 1. The summed E-state index contributed by atoms with van der Waals surface area (Å²) in [5.74, 6) is 2.33. The van der Waals surface area contributed by atoms with Crippen molar-refractivity contribution in [1.29, 1.82) is 0 Å². The molecule has 0 amide bonds. The number of aromatic amines is 1. The fourth-order valence-electron chi connectivity index (χ4n) is 13.5. The summed E-state index contributed by atoms with van der Waals surface area (Å²) in [5, 5.41) is 22.1. The van der Waals surface area contributed by atoms with E-state index in [9.17, 15) is 9.90 Å². The number of carbonyl (C=O) groups is 1. The van der Waals surface area contributed by atoms with E-state index in [1.54, 1.807) is 5.57 Å². The Bertz CT molecular complexity index is 1640. The number of carboxylic acids is 1. The lowest BCUT2D eigenvalue weighted by atomic mass is 9.33. The summed E-state index contributed by atoms with van der Waals surface area (Å²) in [6.07, 6.45) is 10.1. The van der Waals surface area contributed by atoms with Crippen LogP contribution in [0.15, 0.2) is 22.3 Å². The molecule has 2 aromatic heterocycles. The first-order valence-electron chi connectivity index (χ1n) is 18.9. The maximum Gasteiger partial charge on any atom is 0.306 e. The Morgan fingerprint density at radius 3 is 2.54 bits per heavy atom. The van der Waals surface area contributed by atoms with Gasteiger partial charge in [0.2, 0.25) is 0 Å². The number of H-pyrrole nitrogens is 1. The number of piperazine rings is 1. The van der Waals surface area contributed by atoms with Crippen LogP contribution in [0.1, 0.15) is 116 Å². The van der Waals surface area contributed by atoms with Gasteiger partial charge in [-0.15, -0.1) is 0 Å². The topological polar surface area (TPSA) is 120 Å². The Balaban J connectivity index is 1.32. The molecule has 262 valence electrons. The lowest BCUT2D eigenvalue weighted by Crippen LogP contribution is -2.64. The molecule has 1 aliphatic heterocycles. The van der Waals surface area contributed by atoms with Crippen LogP contribution in [0, 0.1) is 51.2 Å². The van der Waals surface area contributed by atoms with Gasteiger partial charge >= 0.3 is 5.97 Å². The minimum absolute atomic E-state index is 0.0232. The van der Waals surface area contributed by atoms with E-state index in [1.165, 1.54) is 35.2 Å². The van der Waals surface area contributed by atoms with E-state index in [-0.39, 0.29) is 44.8 Å². The first-order valence-corrected chi connectivity index (χ1v) is 18.9. The summed E-state index contributed by atoms with van der Waals surface area (Å²) < 4.78 is 6.43. The van der Waals surface area contributed by atoms with Gasteiger partial charge in [-0.1, -0.05) is 54.0 Å². The van der Waals surface area contributed by atoms with Gasteiger partial charge in [-0.25, -0.2) is 0 Å². The van der Waals surface area contributed by atoms with Gasteiger partial charge in [0.15, 0.2) is 0 Å². The third-order valence-electron chi connectivity index (χ3n) is 15.7. The number of furan rings is 1. The van der Waals surface area contributed by atoms with E-state index in [4.69, 9.17) is 15.2 Å². The predicted molar refractivity (Wildman–Crippen MR) is 189 cm³/mol. The number of nitrogens with zero attached hydrogens (tertiary/aromatic N) is 2. The van der Waals surface area contributed by atoms with Crippen LogP contribution in [-0.4, -0.2) is 52.4 Å². The van der Waals surface area contributed by atoms with Crippen LogP contribution < -0.4 is 11.1 Å². The van der Waals surface area contributed by atoms with Crippen molar-refractivity contribution in [3.63, 3.8) is 0 Å². The second-order valence-corrected chi connectivity index (χ2v) is 19.0. The smallest absolute Gasteiger partial charge is 0.306 e. The first-order chi connectivity index (χ1) is 22.6. The Labute approximate surface area is 287 Å². The highest BCUT2D eigenvalue weighted by atomic mass is 16.4. The van der Waals surface area contributed by atoms with E-state index >= 15 is 0 Å². The maximum absolute atomic E-state index is 12.9. The van der Waals surface area contributed by atoms with Gasteiger partial charge in [0.25, 0.3) is 0 Å². The summed E-state index contributed by atoms with van der Waals surface area (Å²) in [4.78, 5) is 15.4. The van der Waals surface area contributed by atoms with Crippen molar-refractivity contribution in [2.45, 2.75) is 112 Å². The number of nitrogens with two attached hydrogens (primary N) is 1. The molecule has 0 radical (unpaired) electrons. The van der Waals surface area contributed by atoms with Gasteiger partial charge < -0.3 is 20.6 Å². The van der Waals surface area contributed by atoms with Crippen molar-refractivity contribution in [2.24, 2.45) is 51.2 Å². The standard InChI is InChI=1S/C40H59N5O3/c1-36(2)19-26-23(27(20-36)35(46)47)8-11-40(7)32(26)25(24-10-17-48-29(24)22-45-15-13-42-14-16-45)18-31-38(5)21-28-33(43-44-34(28)41)37(3,4)30(38)9-12-39(31,40)6/h10,17,23,26-27,30-31,42H,8-9,11-16,18-22H2,1-7H3,(H,46,47)(H3,41,43,44)/t23?,26?,27-,30?,31?,38?,39?,40?/m1/s1. The molecule has 48 heavy (non-hydrogen) atoms. The van der Waals surface area contributed by atoms with Crippen molar-refractivity contribution in [3.05, 3.63) is 40.5 Å². The van der Waals surface area contributed by atoms with E-state index in [0.29, 0.717) is 11.8 Å². The Kier molecular flexibility index (Phi) is 7.28. The number of aromatic nitrogens is 2. The van der Waals surface area contributed by atoms with Gasteiger partial charge in [-0.3, -0.25) is 14.8 Å². The van der Waals surface area contributed by atoms with Crippen molar-refractivity contribution in [2.75, 3.05) is 31.9 Å². The number of anilines is 1. The predicted octanol–water partition coefficient (Wildman–Crippen LogP) is 7.27. The molecule has 5 aliphatic carbocycles. The Hall–Kier alpha value is -2.58. The van der Waals surface area contributed by atoms with Crippen LogP contribution in [0.3, 0.4) is 0 Å². The number of fused-ring (bicyclic) bond motifs is 8. The second-order valence-electron chi connectivity index (χ2n) is 19.0. The van der Waals surface area contributed by atoms with Gasteiger partial charge in [-0.05, 0) is 108 Å². The van der Waals surface area contributed by atoms with Crippen molar-refractivity contribution in [3.8, 4) is 0 Å². The van der Waals surface area contributed by atoms with Gasteiger partial charge in [-0.2, -0.15) is 5.10 Å². The van der Waals surface area contributed by atoms with Crippen LogP contribution in [0.4, 0.5) is 5.82 Å². The summed E-state index contributed by atoms with van der Waals surface area (Å²) in [6, 6.07) is 2.26. The molecule has 3 saturated carbocycles. The lowest BCUT2D eigenvalue weighted by Gasteiger charge is -2.70. The molecule has 8 rings (SSSR count). The molecular formula is C40H59N5O3. The quantitative estimate of drug-likeness (QED) is 0.273. The minimum Gasteiger partial charge on any atom is -0.481 e. The summed E-state index contributed by atoms with van der Waals surface area (Å²) >= 11 is 0. The molecule has 2 aromatic rings. The number of aliphatic carboxylic acids is 1. The molecule has 8 atom stereocenters. The molecule has 0 spiro atoms. The highest BCUT2D eigenvalue weighted by Gasteiger charge is 2.69. The van der Waals surface area contributed by atoms with Crippen LogP contribution in [0.5, 0.6) is 0 Å². The lowest BCUT2D eigenvalue weighted by molar-refractivity contribution is -0.161. The largest absolute Gasteiger partial charge is 0.481 e. The number of carboxylic acid groups (broad SMARTS) is 1. The molecule has 7 unspecified atom stereocenters. The molecule has 8 nitrogen and oxygen atoms in total. The highest BCUT2D eigenvalue weighted by molar-refractivity contribution is 5.75. The van der Waals surface area contributed by atoms with E-state index in [1.807, 2.05) is 6.26 Å². The SMILES string of the molecule is CC1(C)CC2C3=C(c4ccoc4CN4CCNCC4)CC4C5(C)Cc6c(n[nH]c6N)C(C)(C)C5CCC4(C)C3(C)CCC2[C@H](C(=O)O)C1. The fraction of sp³-hybridized carbons (Fsp3) is 0.750. The zero-order valence-corrected chi connectivity index (χ0v) is 30.5. The van der Waals surface area contributed by atoms with Crippen molar-refractivity contribution < 1.29 is 14.3 Å². The summed E-state index contributed by atoms with van der Waals surface area (Å²) in [5.41, 5.74) is 13.4. The van der Waals surface area contributed by atoms with Gasteiger partial charge in [0.1, 0.15) is 11.6 Å². The van der Waals surface area contributed by atoms with Gasteiger partial charge in [0.05, 0.1) is 24.4 Å². The van der Waals surface area contributed by atoms with Crippen LogP contribution >= 0.6 is 0 Å². The molecule has 3 heterocycles. The second kappa shape index (κ2) is 10.7. The zero-order valence-electron chi connectivity index (χ0n) is 30.5. The number of allylic oxidation sites excluding steroid dienone is 2. The third-order valence-corrected chi connectivity index (χ3v) is 15.7. The van der Waals surface area contributed by atoms with Gasteiger partial charge in [0, 0.05) is 42.7 Å². The molecule has 0 bridgehead atoms. The molecule has 6 aliphatic rings. The first kappa shape index (κ1) is 32.6. The number of hydrogen-bond acceptors (Lipinski definition) is 6. The van der Waals surface area contributed by atoms with Crippen LogP contribution in [-0.2, 0) is 23.2 Å². The van der Waals surface area contributed by atoms with E-state index in [0.717, 1.165) is 82.8 Å². The number of nitrogens with one attached hydrogen (secondary N) is 2. The van der Waals surface area contributed by atoms with E-state index < -0.39 is 5.97 Å². The Morgan fingerprint density at radius 1 is 1.06 bits per heavy atom. The molecular weight excluding hydrogens is 598 g/mol. The van der Waals surface area contributed by atoms with Crippen LogP contribution in [0.2, 0.25) is 0 Å². The van der Waals surface area contributed by atoms with Crippen molar-refractivity contribution in [1.82, 2.24) is 20.4 Å². The van der Waals surface area contributed by atoms with Crippen molar-refractivity contribution >= 4 is 17.4 Å². The number of hydrogen-bond donors (Lipinski definition) is 4. The average Bonchev–Trinajstić information content (AvgIpc) is 3.63. The average molecular weight is 658 g/mol. The maximum atomic E-state index is 12.9. The summed E-state index contributed by atoms with van der Waals surface area (Å²) in [7, 11) is 0. The van der Waals surface area contributed by atoms with E-state index in [2.05, 4.69) is 69.8 Å². The molecule has 1 saturated heterocycles. The third kappa shape index (κ3) is 4.46. The highest BCUT2D eigenvalue weighted by Crippen LogP contribution is 2.76. The summed E-state index contributed by atoms with van der Waals surface area (Å²) in [6.45, 7) is 22.2. The minimum atomic E-state index is -0.600. The molecule has 4 fully saturated rings.